The molecule has 0 aliphatic heterocycles. The highest BCUT2D eigenvalue weighted by Gasteiger charge is 2.26. The Balaban J connectivity index is 0.00000138. The van der Waals surface area contributed by atoms with Gasteiger partial charge in [0.1, 0.15) is 5.75 Å². The van der Waals surface area contributed by atoms with Crippen molar-refractivity contribution in [2.75, 3.05) is 0 Å². The van der Waals surface area contributed by atoms with Crippen molar-refractivity contribution >= 4 is 29.8 Å². The molecule has 3 N–H and O–H groups in total. The number of hydrogen-bond acceptors (Lipinski definition) is 2. The van der Waals surface area contributed by atoms with E-state index in [0.29, 0.717) is 41.3 Å². The Labute approximate surface area is 330 Å². The van der Waals surface area contributed by atoms with Crippen LogP contribution < -0.4 is 0 Å². The molecule has 6 rings (SSSR count). The van der Waals surface area contributed by atoms with Gasteiger partial charge in [0.15, 0.2) is 0 Å². The standard InChI is InChI=1S/C50H58O.H3O3P/c1-28(2)36-23-41(30(5)6)47(42(24-36)31(7)8)38-21-34-17-13-15-19-39(34)45(27-38)49-40-20-16-14-18-35(40)22-46(50(49)51)48-43(32(9)10)25-37(29(3)4)26-44(48)33(11)12;1-4(2)3/h13-33,51H,1-12H3;4H,(H2,1,2,3). The third kappa shape index (κ3) is 8.78. The maximum Gasteiger partial charge on any atom is 0.314 e. The molecule has 0 spiro atoms. The molecule has 0 fully saturated rings. The second-order valence-corrected chi connectivity index (χ2v) is 17.5. The fourth-order valence-corrected chi connectivity index (χ4v) is 8.02. The summed E-state index contributed by atoms with van der Waals surface area (Å²) in [6.45, 7) is 27.6. The lowest BCUT2D eigenvalue weighted by Crippen LogP contribution is -2.04. The molecule has 4 nitrogen and oxygen atoms in total. The highest BCUT2D eigenvalue weighted by molar-refractivity contribution is 7.30. The van der Waals surface area contributed by atoms with E-state index < -0.39 is 8.25 Å². The van der Waals surface area contributed by atoms with Crippen LogP contribution in [-0.2, 0) is 4.57 Å². The minimum Gasteiger partial charge on any atom is -0.507 e. The summed E-state index contributed by atoms with van der Waals surface area (Å²) in [4.78, 5) is 14.3. The van der Waals surface area contributed by atoms with Crippen molar-refractivity contribution in [3.63, 3.8) is 0 Å². The summed E-state index contributed by atoms with van der Waals surface area (Å²) in [6, 6.07) is 34.0. The summed E-state index contributed by atoms with van der Waals surface area (Å²) in [5.41, 5.74) is 14.8. The highest BCUT2D eigenvalue weighted by atomic mass is 31.1. The van der Waals surface area contributed by atoms with Crippen molar-refractivity contribution in [2.45, 2.75) is 119 Å². The van der Waals surface area contributed by atoms with Crippen molar-refractivity contribution in [3.05, 3.63) is 124 Å². The third-order valence-electron chi connectivity index (χ3n) is 11.0. The van der Waals surface area contributed by atoms with E-state index in [4.69, 9.17) is 14.4 Å². The van der Waals surface area contributed by atoms with Gasteiger partial charge in [-0.05, 0) is 131 Å². The summed E-state index contributed by atoms with van der Waals surface area (Å²) >= 11 is 0. The second-order valence-electron chi connectivity index (χ2n) is 17.0. The molecule has 6 aromatic carbocycles. The van der Waals surface area contributed by atoms with Crippen LogP contribution in [0.5, 0.6) is 5.75 Å². The number of aromatic hydroxyl groups is 1. The lowest BCUT2D eigenvalue weighted by Gasteiger charge is -2.26. The number of hydrogen-bond donors (Lipinski definition) is 3. The zero-order valence-electron chi connectivity index (χ0n) is 34.9. The molecular formula is C50H61O4P. The van der Waals surface area contributed by atoms with Crippen LogP contribution in [-0.4, -0.2) is 14.9 Å². The Morgan fingerprint density at radius 2 is 0.818 bits per heavy atom. The predicted octanol–water partition coefficient (Wildman–Crippen LogP) is 14.8. The molecule has 5 heteroatoms. The van der Waals surface area contributed by atoms with Crippen molar-refractivity contribution in [1.82, 2.24) is 0 Å². The number of phenols is 1. The zero-order chi connectivity index (χ0) is 40.5. The normalized spacial score (nSPS) is 12.0. The quantitative estimate of drug-likeness (QED) is 0.128. The van der Waals surface area contributed by atoms with Crippen molar-refractivity contribution in [3.8, 4) is 39.1 Å². The van der Waals surface area contributed by atoms with E-state index in [1.165, 1.54) is 55.5 Å². The molecule has 0 amide bonds. The molecule has 55 heavy (non-hydrogen) atoms. The Morgan fingerprint density at radius 1 is 0.436 bits per heavy atom. The van der Waals surface area contributed by atoms with Gasteiger partial charge < -0.3 is 14.9 Å². The predicted molar refractivity (Wildman–Crippen MR) is 237 cm³/mol. The largest absolute Gasteiger partial charge is 0.507 e. The third-order valence-corrected chi connectivity index (χ3v) is 11.0. The molecule has 0 bridgehead atoms. The SMILES string of the molecule is CC(C)c1cc(C(C)C)c(-c2cc(-c3c(O)c(-c4c(C(C)C)cc(C(C)C)cc4C(C)C)cc4ccccc34)c3ccccc3c2)c(C(C)C)c1.O=[PH](O)O. The molecule has 0 atom stereocenters. The van der Waals surface area contributed by atoms with Crippen LogP contribution >= 0.6 is 8.25 Å². The summed E-state index contributed by atoms with van der Waals surface area (Å²) in [6.07, 6.45) is 0. The van der Waals surface area contributed by atoms with E-state index in [1.807, 2.05) is 0 Å². The maximum absolute atomic E-state index is 12.9. The van der Waals surface area contributed by atoms with Gasteiger partial charge in [0, 0.05) is 11.1 Å². The van der Waals surface area contributed by atoms with Crippen molar-refractivity contribution in [1.29, 1.82) is 0 Å². The van der Waals surface area contributed by atoms with Gasteiger partial charge in [-0.25, -0.2) is 0 Å². The van der Waals surface area contributed by atoms with E-state index in [0.717, 1.165) is 32.8 Å². The average molecular weight is 757 g/mol. The van der Waals surface area contributed by atoms with Crippen LogP contribution in [0.2, 0.25) is 0 Å². The topological polar surface area (TPSA) is 77.8 Å². The van der Waals surface area contributed by atoms with Crippen molar-refractivity contribution < 1.29 is 19.5 Å². The van der Waals surface area contributed by atoms with Crippen LogP contribution in [0.25, 0.3) is 54.9 Å². The number of phenolic OH excluding ortho intramolecular Hbond substituents is 1. The van der Waals surface area contributed by atoms with E-state index in [9.17, 15) is 5.11 Å². The van der Waals surface area contributed by atoms with Crippen LogP contribution in [0, 0.1) is 0 Å². The van der Waals surface area contributed by atoms with Crippen LogP contribution in [0.4, 0.5) is 0 Å². The van der Waals surface area contributed by atoms with Gasteiger partial charge in [0.25, 0.3) is 0 Å². The van der Waals surface area contributed by atoms with Crippen molar-refractivity contribution in [2.24, 2.45) is 0 Å². The highest BCUT2D eigenvalue weighted by Crippen LogP contribution is 2.51. The first kappa shape index (κ1) is 41.9. The number of benzene rings is 6. The van der Waals surface area contributed by atoms with Gasteiger partial charge in [-0.15, -0.1) is 0 Å². The van der Waals surface area contributed by atoms with Crippen LogP contribution in [0.1, 0.15) is 152 Å². The lowest BCUT2D eigenvalue weighted by atomic mass is 9.79. The minimum atomic E-state index is -3.13. The molecule has 290 valence electrons. The molecule has 0 aliphatic carbocycles. The van der Waals surface area contributed by atoms with Gasteiger partial charge in [0.05, 0.1) is 0 Å². The van der Waals surface area contributed by atoms with Crippen LogP contribution in [0.15, 0.2) is 91.0 Å². The van der Waals surface area contributed by atoms with Crippen LogP contribution in [0.3, 0.4) is 0 Å². The van der Waals surface area contributed by atoms with Gasteiger partial charge in [0.2, 0.25) is 0 Å². The summed E-state index contributed by atoms with van der Waals surface area (Å²) in [5, 5.41) is 17.4. The van der Waals surface area contributed by atoms with Gasteiger partial charge >= 0.3 is 8.25 Å². The Morgan fingerprint density at radius 3 is 1.24 bits per heavy atom. The maximum atomic E-state index is 12.9. The molecular weight excluding hydrogens is 696 g/mol. The molecule has 0 saturated carbocycles. The first-order chi connectivity index (χ1) is 25.9. The summed E-state index contributed by atoms with van der Waals surface area (Å²) in [5.74, 6) is 2.56. The van der Waals surface area contributed by atoms with Gasteiger partial charge in [-0.3, -0.25) is 4.57 Å². The van der Waals surface area contributed by atoms with E-state index in [2.05, 4.69) is 174 Å². The van der Waals surface area contributed by atoms with E-state index >= 15 is 0 Å². The molecule has 0 heterocycles. The summed E-state index contributed by atoms with van der Waals surface area (Å²) < 4.78 is 8.74. The monoisotopic (exact) mass is 756 g/mol. The Bertz CT molecular complexity index is 2280. The van der Waals surface area contributed by atoms with E-state index in [-0.39, 0.29) is 0 Å². The fraction of sp³-hybridized carbons (Fsp3) is 0.360. The second kappa shape index (κ2) is 17.3. The Kier molecular flexibility index (Phi) is 13.2. The van der Waals surface area contributed by atoms with Gasteiger partial charge in [-0.2, -0.15) is 0 Å². The molecule has 0 saturated heterocycles. The fourth-order valence-electron chi connectivity index (χ4n) is 8.02. The molecule has 0 aliphatic rings. The number of fused-ring (bicyclic) bond motifs is 2. The number of rotatable bonds is 9. The molecule has 6 aromatic rings. The van der Waals surface area contributed by atoms with Gasteiger partial charge in [-0.1, -0.05) is 156 Å². The first-order valence-corrected chi connectivity index (χ1v) is 21.3. The molecule has 0 radical (unpaired) electrons. The average Bonchev–Trinajstić information content (AvgIpc) is 3.12. The molecule has 0 aromatic heterocycles. The summed E-state index contributed by atoms with van der Waals surface area (Å²) in [7, 11) is -3.13. The lowest BCUT2D eigenvalue weighted by molar-refractivity contribution is 0.405. The first-order valence-electron chi connectivity index (χ1n) is 20.0. The molecule has 0 unspecified atom stereocenters. The smallest absolute Gasteiger partial charge is 0.314 e. The Hall–Kier alpha value is -4.21. The van der Waals surface area contributed by atoms with E-state index in [1.54, 1.807) is 0 Å². The zero-order valence-corrected chi connectivity index (χ0v) is 35.9. The minimum absolute atomic E-state index is 0.299.